The second kappa shape index (κ2) is 4.09. The Labute approximate surface area is 71.2 Å². The lowest BCUT2D eigenvalue weighted by Gasteiger charge is -2.09. The topological polar surface area (TPSA) is 49.7 Å². The van der Waals surface area contributed by atoms with Crippen molar-refractivity contribution in [3.8, 4) is 5.75 Å². The molecule has 0 fully saturated rings. The van der Waals surface area contributed by atoms with Gasteiger partial charge in [-0.15, -0.1) is 0 Å². The van der Waals surface area contributed by atoms with Crippen molar-refractivity contribution < 1.29 is 14.9 Å². The van der Waals surface area contributed by atoms with Gasteiger partial charge in [0.25, 0.3) is 0 Å². The maximum absolute atomic E-state index is 8.91. The van der Waals surface area contributed by atoms with Gasteiger partial charge < -0.3 is 14.9 Å². The number of para-hydroxylation sites is 1. The predicted octanol–water partition coefficient (Wildman–Crippen LogP) is 0.680. The van der Waals surface area contributed by atoms with E-state index in [1.807, 2.05) is 0 Å². The average Bonchev–Trinajstić information content (AvgIpc) is 2.16. The number of rotatable bonds is 3. The van der Waals surface area contributed by atoms with E-state index in [0.29, 0.717) is 16.9 Å². The third kappa shape index (κ3) is 1.57. The summed E-state index contributed by atoms with van der Waals surface area (Å²) in [6, 6.07) is 5.30. The van der Waals surface area contributed by atoms with E-state index >= 15 is 0 Å². The van der Waals surface area contributed by atoms with Gasteiger partial charge in [0, 0.05) is 11.1 Å². The van der Waals surface area contributed by atoms with Crippen LogP contribution in [0.15, 0.2) is 18.2 Å². The summed E-state index contributed by atoms with van der Waals surface area (Å²) >= 11 is 0. The molecular weight excluding hydrogens is 156 g/mol. The summed E-state index contributed by atoms with van der Waals surface area (Å²) in [5.41, 5.74) is 1.40. The molecule has 0 bridgehead atoms. The summed E-state index contributed by atoms with van der Waals surface area (Å²) in [5, 5.41) is 17.8. The molecule has 2 N–H and O–H groups in total. The summed E-state index contributed by atoms with van der Waals surface area (Å²) in [6.07, 6.45) is 0. The average molecular weight is 168 g/mol. The molecule has 3 nitrogen and oxygen atoms in total. The van der Waals surface area contributed by atoms with Gasteiger partial charge in [-0.05, 0) is 0 Å². The van der Waals surface area contributed by atoms with Crippen LogP contribution in [0.1, 0.15) is 11.1 Å². The van der Waals surface area contributed by atoms with Crippen LogP contribution < -0.4 is 4.74 Å². The molecule has 66 valence electrons. The first-order valence-electron chi connectivity index (χ1n) is 3.70. The monoisotopic (exact) mass is 168 g/mol. The van der Waals surface area contributed by atoms with E-state index in [1.54, 1.807) is 18.2 Å². The standard InChI is InChI=1S/C9H12O3/c1-12-9-7(5-10)3-2-4-8(9)6-11/h2-4,10-11H,5-6H2,1H3. The Hall–Kier alpha value is -1.06. The molecule has 0 heterocycles. The summed E-state index contributed by atoms with van der Waals surface area (Å²) in [5.74, 6) is 0.572. The van der Waals surface area contributed by atoms with Gasteiger partial charge >= 0.3 is 0 Å². The first-order chi connectivity index (χ1) is 5.83. The molecule has 0 atom stereocenters. The van der Waals surface area contributed by atoms with Crippen molar-refractivity contribution in [2.45, 2.75) is 13.2 Å². The molecule has 0 unspecified atom stereocenters. The van der Waals surface area contributed by atoms with E-state index in [1.165, 1.54) is 7.11 Å². The maximum atomic E-state index is 8.91. The van der Waals surface area contributed by atoms with Crippen molar-refractivity contribution in [3.05, 3.63) is 29.3 Å². The van der Waals surface area contributed by atoms with Crippen LogP contribution in [0.2, 0.25) is 0 Å². The smallest absolute Gasteiger partial charge is 0.129 e. The fourth-order valence-electron chi connectivity index (χ4n) is 1.15. The highest BCUT2D eigenvalue weighted by Gasteiger charge is 2.05. The van der Waals surface area contributed by atoms with Crippen molar-refractivity contribution in [2.75, 3.05) is 7.11 Å². The van der Waals surface area contributed by atoms with Crippen molar-refractivity contribution >= 4 is 0 Å². The minimum atomic E-state index is -0.0724. The highest BCUT2D eigenvalue weighted by molar-refractivity contribution is 5.40. The molecule has 0 aromatic heterocycles. The van der Waals surface area contributed by atoms with E-state index < -0.39 is 0 Å². The molecule has 0 aliphatic heterocycles. The minimum Gasteiger partial charge on any atom is -0.496 e. The van der Waals surface area contributed by atoms with Gasteiger partial charge in [0.05, 0.1) is 20.3 Å². The van der Waals surface area contributed by atoms with Gasteiger partial charge in [-0.25, -0.2) is 0 Å². The zero-order valence-electron chi connectivity index (χ0n) is 6.95. The first kappa shape index (κ1) is 9.03. The number of hydrogen-bond acceptors (Lipinski definition) is 3. The molecule has 0 spiro atoms. The Bertz CT molecular complexity index is 236. The number of methoxy groups -OCH3 is 1. The predicted molar refractivity (Wildman–Crippen MR) is 44.8 cm³/mol. The Morgan fingerprint density at radius 1 is 1.17 bits per heavy atom. The second-order valence-corrected chi connectivity index (χ2v) is 2.43. The van der Waals surface area contributed by atoms with Crippen LogP contribution in [0.5, 0.6) is 5.75 Å². The van der Waals surface area contributed by atoms with Gasteiger partial charge in [-0.2, -0.15) is 0 Å². The fraction of sp³-hybridized carbons (Fsp3) is 0.333. The molecule has 12 heavy (non-hydrogen) atoms. The molecule has 3 heteroatoms. The Morgan fingerprint density at radius 3 is 2.00 bits per heavy atom. The molecule has 0 radical (unpaired) electrons. The molecule has 0 aliphatic carbocycles. The summed E-state index contributed by atoms with van der Waals surface area (Å²) in [7, 11) is 1.52. The molecule has 1 aromatic carbocycles. The van der Waals surface area contributed by atoms with Crippen LogP contribution in [0.3, 0.4) is 0 Å². The molecule has 0 saturated heterocycles. The van der Waals surface area contributed by atoms with E-state index in [2.05, 4.69) is 0 Å². The largest absolute Gasteiger partial charge is 0.496 e. The first-order valence-corrected chi connectivity index (χ1v) is 3.70. The Balaban J connectivity index is 3.13. The van der Waals surface area contributed by atoms with E-state index in [-0.39, 0.29) is 13.2 Å². The van der Waals surface area contributed by atoms with Gasteiger partial charge in [-0.3, -0.25) is 0 Å². The van der Waals surface area contributed by atoms with Crippen molar-refractivity contribution in [1.29, 1.82) is 0 Å². The summed E-state index contributed by atoms with van der Waals surface area (Å²) in [4.78, 5) is 0. The van der Waals surface area contributed by atoms with Crippen LogP contribution in [-0.4, -0.2) is 17.3 Å². The molecule has 1 aromatic rings. The van der Waals surface area contributed by atoms with Crippen LogP contribution in [-0.2, 0) is 13.2 Å². The normalized spacial score (nSPS) is 9.92. The van der Waals surface area contributed by atoms with E-state index in [4.69, 9.17) is 14.9 Å². The van der Waals surface area contributed by atoms with Gasteiger partial charge in [0.1, 0.15) is 5.75 Å². The number of benzene rings is 1. The van der Waals surface area contributed by atoms with Crippen molar-refractivity contribution in [2.24, 2.45) is 0 Å². The third-order valence-electron chi connectivity index (χ3n) is 1.72. The lowest BCUT2D eigenvalue weighted by molar-refractivity contribution is 0.261. The van der Waals surface area contributed by atoms with Gasteiger partial charge in [0.15, 0.2) is 0 Å². The lowest BCUT2D eigenvalue weighted by Crippen LogP contribution is -1.96. The third-order valence-corrected chi connectivity index (χ3v) is 1.72. The summed E-state index contributed by atoms with van der Waals surface area (Å²) < 4.78 is 5.04. The van der Waals surface area contributed by atoms with Crippen molar-refractivity contribution in [3.63, 3.8) is 0 Å². The molecule has 0 amide bonds. The summed E-state index contributed by atoms with van der Waals surface area (Å²) in [6.45, 7) is -0.145. The lowest BCUT2D eigenvalue weighted by atomic mass is 10.1. The molecule has 1 rings (SSSR count). The minimum absolute atomic E-state index is 0.0724. The fourth-order valence-corrected chi connectivity index (χ4v) is 1.15. The molecular formula is C9H12O3. The molecule has 0 saturated carbocycles. The number of hydrogen-bond donors (Lipinski definition) is 2. The SMILES string of the molecule is COc1c(CO)cccc1CO. The highest BCUT2D eigenvalue weighted by Crippen LogP contribution is 2.23. The van der Waals surface area contributed by atoms with E-state index in [9.17, 15) is 0 Å². The number of aliphatic hydroxyl groups excluding tert-OH is 2. The maximum Gasteiger partial charge on any atom is 0.129 e. The number of aliphatic hydroxyl groups is 2. The van der Waals surface area contributed by atoms with Crippen LogP contribution in [0, 0.1) is 0 Å². The van der Waals surface area contributed by atoms with Gasteiger partial charge in [-0.1, -0.05) is 18.2 Å². The Morgan fingerprint density at radius 2 is 1.67 bits per heavy atom. The van der Waals surface area contributed by atoms with Crippen LogP contribution >= 0.6 is 0 Å². The number of ether oxygens (including phenoxy) is 1. The van der Waals surface area contributed by atoms with Gasteiger partial charge in [0.2, 0.25) is 0 Å². The van der Waals surface area contributed by atoms with E-state index in [0.717, 1.165) is 0 Å². The zero-order valence-corrected chi connectivity index (χ0v) is 6.95. The zero-order chi connectivity index (χ0) is 8.97. The second-order valence-electron chi connectivity index (χ2n) is 2.43. The Kier molecular flexibility index (Phi) is 3.08. The quantitative estimate of drug-likeness (QED) is 0.697. The van der Waals surface area contributed by atoms with Crippen molar-refractivity contribution in [1.82, 2.24) is 0 Å². The highest BCUT2D eigenvalue weighted by atomic mass is 16.5. The molecule has 0 aliphatic rings. The van der Waals surface area contributed by atoms with Crippen LogP contribution in [0.25, 0.3) is 0 Å². The van der Waals surface area contributed by atoms with Crippen LogP contribution in [0.4, 0.5) is 0 Å².